The van der Waals surface area contributed by atoms with Crippen LogP contribution in [-0.2, 0) is 20.2 Å². The van der Waals surface area contributed by atoms with Gasteiger partial charge in [-0.05, 0) is 93.7 Å². The summed E-state index contributed by atoms with van der Waals surface area (Å²) in [7, 11) is -3.49. The highest BCUT2D eigenvalue weighted by atomic mass is 32.2. The third kappa shape index (κ3) is 4.63. The number of nitrogens with zero attached hydrogens (tertiary/aromatic N) is 5. The molecule has 10 nitrogen and oxygen atoms in total. The zero-order chi connectivity index (χ0) is 29.7. The van der Waals surface area contributed by atoms with E-state index >= 15 is 0 Å². The van der Waals surface area contributed by atoms with Gasteiger partial charge in [0, 0.05) is 41.5 Å². The molecule has 226 valence electrons. The second kappa shape index (κ2) is 9.06. The summed E-state index contributed by atoms with van der Waals surface area (Å²) in [5.74, 6) is 2.14. The van der Waals surface area contributed by atoms with Crippen LogP contribution in [0.4, 0.5) is 16.0 Å². The minimum Gasteiger partial charge on any atom is -0.339 e. The number of hydrogen-bond donors (Lipinski definition) is 1. The standard InChI is InChI=1S/C31H35FN6O4S/c1-43(40,41)37-27-33-14-22(15-34-27)21-3-2-4-23(13-21)38(26(39)30-16-31(32,17-30)18-30)19-28-7-10-29(11-8-28,12-9-28)25-35-24(36-42-25)20-5-6-20/h2-4,13-15,20H,5-12,16-19H2,1H3,(H,33,34,37). The highest BCUT2D eigenvalue weighted by Gasteiger charge is 2.73. The van der Waals surface area contributed by atoms with Crippen LogP contribution in [0.3, 0.4) is 0 Å². The molecule has 10 rings (SSSR count). The lowest BCUT2D eigenvalue weighted by atomic mass is 9.41. The molecular formula is C31H35FN6O4S. The first-order valence-electron chi connectivity index (χ1n) is 15.2. The van der Waals surface area contributed by atoms with Crippen LogP contribution < -0.4 is 9.62 Å². The van der Waals surface area contributed by atoms with E-state index in [4.69, 9.17) is 9.51 Å². The lowest BCUT2D eigenvalue weighted by molar-refractivity contribution is -0.211. The van der Waals surface area contributed by atoms with Gasteiger partial charge in [0.05, 0.1) is 11.7 Å². The SMILES string of the molecule is CS(=O)(=O)Nc1ncc(-c2cccc(N(CC34CCC(c5nc(C6CC6)no5)(CC3)CC4)C(=O)C34CC(F)(C3)C4)c2)cn1. The van der Waals surface area contributed by atoms with Crippen LogP contribution in [0.25, 0.3) is 11.1 Å². The second-order valence-corrected chi connectivity index (χ2v) is 15.8. The Morgan fingerprint density at radius 3 is 2.33 bits per heavy atom. The summed E-state index contributed by atoms with van der Waals surface area (Å²) in [6, 6.07) is 7.73. The Kier molecular flexibility index (Phi) is 5.72. The highest BCUT2D eigenvalue weighted by molar-refractivity contribution is 7.91. The molecule has 7 aliphatic carbocycles. The summed E-state index contributed by atoms with van der Waals surface area (Å²) in [5.41, 5.74) is 0.437. The minimum atomic E-state index is -3.49. The van der Waals surface area contributed by atoms with Gasteiger partial charge in [0.25, 0.3) is 0 Å². The maximum absolute atomic E-state index is 14.6. The van der Waals surface area contributed by atoms with Gasteiger partial charge < -0.3 is 9.42 Å². The molecule has 2 heterocycles. The smallest absolute Gasteiger partial charge is 0.236 e. The molecular weight excluding hydrogens is 571 g/mol. The van der Waals surface area contributed by atoms with Crippen molar-refractivity contribution in [3.63, 3.8) is 0 Å². The van der Waals surface area contributed by atoms with Crippen molar-refractivity contribution in [3.8, 4) is 11.1 Å². The van der Waals surface area contributed by atoms with Crippen molar-refractivity contribution < 1.29 is 22.1 Å². The number of sulfonamides is 1. The molecule has 0 spiro atoms. The van der Waals surface area contributed by atoms with Crippen molar-refractivity contribution in [2.24, 2.45) is 10.8 Å². The summed E-state index contributed by atoms with van der Waals surface area (Å²) in [4.78, 5) is 29.3. The molecule has 12 heteroatoms. The molecule has 1 amide bonds. The molecule has 1 N–H and O–H groups in total. The fraction of sp³-hybridized carbons (Fsp3) is 0.581. The van der Waals surface area contributed by atoms with Crippen molar-refractivity contribution in [1.82, 2.24) is 20.1 Å². The van der Waals surface area contributed by atoms with Crippen molar-refractivity contribution >= 4 is 27.6 Å². The first-order chi connectivity index (χ1) is 20.5. The van der Waals surface area contributed by atoms with Crippen LogP contribution in [0.5, 0.6) is 0 Å². The molecule has 7 saturated carbocycles. The normalized spacial score (nSPS) is 32.5. The molecule has 0 atom stereocenters. The van der Waals surface area contributed by atoms with E-state index in [1.165, 1.54) is 0 Å². The number of fused-ring (bicyclic) bond motifs is 3. The predicted molar refractivity (Wildman–Crippen MR) is 156 cm³/mol. The Labute approximate surface area is 249 Å². The van der Waals surface area contributed by atoms with Gasteiger partial charge >= 0.3 is 0 Å². The van der Waals surface area contributed by atoms with E-state index in [1.54, 1.807) is 12.4 Å². The monoisotopic (exact) mass is 606 g/mol. The number of aromatic nitrogens is 4. The van der Waals surface area contributed by atoms with Gasteiger partial charge in [-0.1, -0.05) is 17.3 Å². The number of hydrogen-bond acceptors (Lipinski definition) is 8. The van der Waals surface area contributed by atoms with Crippen LogP contribution in [0.1, 0.15) is 88.3 Å². The number of carbonyl (C=O) groups is 1. The van der Waals surface area contributed by atoms with Gasteiger partial charge in [-0.15, -0.1) is 0 Å². The average Bonchev–Trinajstić information content (AvgIpc) is 3.69. The van der Waals surface area contributed by atoms with Gasteiger partial charge in [0.2, 0.25) is 27.8 Å². The van der Waals surface area contributed by atoms with Gasteiger partial charge in [0.15, 0.2) is 5.82 Å². The Bertz CT molecular complexity index is 1680. The van der Waals surface area contributed by atoms with E-state index in [2.05, 4.69) is 19.8 Å². The van der Waals surface area contributed by atoms with Gasteiger partial charge in [-0.25, -0.2) is 22.8 Å². The molecule has 1 aromatic carbocycles. The van der Waals surface area contributed by atoms with E-state index in [-0.39, 0.29) is 22.7 Å². The Morgan fingerprint density at radius 1 is 1.05 bits per heavy atom. The Balaban J connectivity index is 1.05. The van der Waals surface area contributed by atoms with E-state index < -0.39 is 21.1 Å². The molecule has 0 aliphatic heterocycles. The van der Waals surface area contributed by atoms with Crippen molar-refractivity contribution in [2.75, 3.05) is 22.4 Å². The highest BCUT2D eigenvalue weighted by Crippen LogP contribution is 2.70. The molecule has 7 fully saturated rings. The summed E-state index contributed by atoms with van der Waals surface area (Å²) in [6.45, 7) is 0.595. The quantitative estimate of drug-likeness (QED) is 0.348. The molecule has 4 bridgehead atoms. The zero-order valence-corrected chi connectivity index (χ0v) is 25.0. The number of rotatable bonds is 9. The number of alkyl halides is 1. The average molecular weight is 607 g/mol. The van der Waals surface area contributed by atoms with Crippen LogP contribution >= 0.6 is 0 Å². The van der Waals surface area contributed by atoms with Crippen molar-refractivity contribution in [2.45, 2.75) is 87.6 Å². The van der Waals surface area contributed by atoms with E-state index in [9.17, 15) is 17.6 Å². The first-order valence-corrected chi connectivity index (χ1v) is 17.1. The van der Waals surface area contributed by atoms with E-state index in [0.717, 1.165) is 80.6 Å². The number of nitrogens with one attached hydrogen (secondary N) is 1. The van der Waals surface area contributed by atoms with E-state index in [1.807, 2.05) is 29.2 Å². The fourth-order valence-electron chi connectivity index (χ4n) is 8.12. The zero-order valence-electron chi connectivity index (χ0n) is 24.2. The van der Waals surface area contributed by atoms with Crippen molar-refractivity contribution in [3.05, 3.63) is 48.4 Å². The summed E-state index contributed by atoms with van der Waals surface area (Å²) >= 11 is 0. The lowest BCUT2D eigenvalue weighted by Gasteiger charge is -2.65. The molecule has 0 radical (unpaired) electrons. The molecule has 0 saturated heterocycles. The summed E-state index contributed by atoms with van der Waals surface area (Å²) in [5, 5.41) is 4.29. The Morgan fingerprint density at radius 2 is 1.72 bits per heavy atom. The number of amides is 1. The number of halogens is 1. The van der Waals surface area contributed by atoms with E-state index in [0.29, 0.717) is 37.3 Å². The second-order valence-electron chi connectivity index (χ2n) is 14.1. The maximum atomic E-state index is 14.6. The third-order valence-corrected chi connectivity index (χ3v) is 11.4. The maximum Gasteiger partial charge on any atom is 0.236 e. The molecule has 43 heavy (non-hydrogen) atoms. The largest absolute Gasteiger partial charge is 0.339 e. The summed E-state index contributed by atoms with van der Waals surface area (Å²) < 4.78 is 45.8. The molecule has 3 aromatic rings. The molecule has 7 aliphatic rings. The first kappa shape index (κ1) is 27.2. The fourth-order valence-corrected chi connectivity index (χ4v) is 8.56. The van der Waals surface area contributed by atoms with Crippen LogP contribution in [0.15, 0.2) is 41.2 Å². The van der Waals surface area contributed by atoms with Gasteiger partial charge in [-0.2, -0.15) is 4.98 Å². The number of carbonyl (C=O) groups excluding carboxylic acids is 1. The lowest BCUT2D eigenvalue weighted by Crippen LogP contribution is -2.71. The summed E-state index contributed by atoms with van der Waals surface area (Å²) in [6.07, 6.45) is 13.2. The van der Waals surface area contributed by atoms with Gasteiger partial charge in [-0.3, -0.25) is 9.52 Å². The third-order valence-electron chi connectivity index (χ3n) is 10.8. The molecule has 2 aromatic heterocycles. The molecule has 0 unspecified atom stereocenters. The van der Waals surface area contributed by atoms with Gasteiger partial charge in [0.1, 0.15) is 5.67 Å². The Hall–Kier alpha value is -3.41. The topological polar surface area (TPSA) is 131 Å². The van der Waals surface area contributed by atoms with Crippen LogP contribution in [0, 0.1) is 10.8 Å². The predicted octanol–water partition coefficient (Wildman–Crippen LogP) is 5.29. The van der Waals surface area contributed by atoms with Crippen LogP contribution in [-0.4, -0.2) is 52.9 Å². The number of benzene rings is 1. The minimum absolute atomic E-state index is 0.00273. The van der Waals surface area contributed by atoms with Crippen LogP contribution in [0.2, 0.25) is 0 Å². The van der Waals surface area contributed by atoms with Crippen molar-refractivity contribution in [1.29, 1.82) is 0 Å². The number of anilines is 2.